The Hall–Kier alpha value is -0.725. The first-order valence-corrected chi connectivity index (χ1v) is 8.27. The minimum absolute atomic E-state index is 0.162. The Balaban J connectivity index is 2.42. The van der Waals surface area contributed by atoms with Crippen molar-refractivity contribution in [2.45, 2.75) is 45.1 Å². The average Bonchev–Trinajstić information content (AvgIpc) is 2.65. The summed E-state index contributed by atoms with van der Waals surface area (Å²) in [5.41, 5.74) is -1.72. The molecule has 3 nitrogen and oxygen atoms in total. The van der Waals surface area contributed by atoms with Gasteiger partial charge in [0.25, 0.3) is 0 Å². The van der Waals surface area contributed by atoms with Gasteiger partial charge in [-0.3, -0.25) is 0 Å². The summed E-state index contributed by atoms with van der Waals surface area (Å²) in [6, 6.07) is 1.58. The molecule has 0 aromatic heterocycles. The maximum atomic E-state index is 12.8. The molecule has 0 amide bonds. The van der Waals surface area contributed by atoms with Crippen molar-refractivity contribution in [3.05, 3.63) is 38.8 Å². The van der Waals surface area contributed by atoms with Gasteiger partial charge >= 0.3 is 13.3 Å². The smallest absolute Gasteiger partial charge is 0.400 e. The van der Waals surface area contributed by atoms with Crippen molar-refractivity contribution < 1.29 is 27.6 Å². The minimum atomic E-state index is -4.55. The topological polar surface area (TPSA) is 38.7 Å². The quantitative estimate of drug-likeness (QED) is 0.729. The largest absolute Gasteiger partial charge is 0.492 e. The van der Waals surface area contributed by atoms with Crippen LogP contribution in [0.4, 0.5) is 13.2 Å². The zero-order chi connectivity index (χ0) is 19.2. The molecular weight excluding hydrogens is 379 g/mol. The molecule has 1 heterocycles. The van der Waals surface area contributed by atoms with Crippen molar-refractivity contribution in [2.75, 3.05) is 6.61 Å². The van der Waals surface area contributed by atoms with Gasteiger partial charge in [-0.1, -0.05) is 29.3 Å². The van der Waals surface area contributed by atoms with Crippen LogP contribution in [0.3, 0.4) is 0 Å². The van der Waals surface area contributed by atoms with Crippen molar-refractivity contribution in [1.29, 1.82) is 0 Å². The Morgan fingerprint density at radius 3 is 1.92 bits per heavy atom. The van der Waals surface area contributed by atoms with Crippen LogP contribution >= 0.6 is 23.2 Å². The van der Waals surface area contributed by atoms with Crippen LogP contribution < -0.4 is 0 Å². The lowest BCUT2D eigenvalue weighted by Gasteiger charge is -2.32. The molecule has 0 aliphatic carbocycles. The van der Waals surface area contributed by atoms with Crippen LogP contribution in [0.25, 0.3) is 6.08 Å². The molecule has 1 N–H and O–H groups in total. The molecule has 0 spiro atoms. The van der Waals surface area contributed by atoms with E-state index in [4.69, 9.17) is 32.5 Å². The van der Waals surface area contributed by atoms with Gasteiger partial charge in [-0.05, 0) is 45.3 Å². The molecular formula is C16H18BCl2F3O3. The van der Waals surface area contributed by atoms with E-state index < -0.39 is 36.7 Å². The molecule has 1 aliphatic rings. The summed E-state index contributed by atoms with van der Waals surface area (Å²) in [4.78, 5) is 0. The molecule has 1 aromatic carbocycles. The van der Waals surface area contributed by atoms with Crippen LogP contribution in [0.2, 0.25) is 10.0 Å². The highest BCUT2D eigenvalue weighted by Gasteiger charge is 2.52. The summed E-state index contributed by atoms with van der Waals surface area (Å²) in [5.74, 6) is 0. The first-order chi connectivity index (χ1) is 11.3. The summed E-state index contributed by atoms with van der Waals surface area (Å²) in [7, 11) is -0.857. The van der Waals surface area contributed by atoms with E-state index in [1.165, 1.54) is 6.08 Å². The van der Waals surface area contributed by atoms with E-state index in [1.54, 1.807) is 0 Å². The summed E-state index contributed by atoms with van der Waals surface area (Å²) < 4.78 is 50.1. The number of alkyl halides is 3. The molecule has 1 saturated heterocycles. The number of aliphatic hydroxyl groups is 1. The highest BCUT2D eigenvalue weighted by atomic mass is 35.5. The molecule has 1 aliphatic heterocycles. The molecule has 0 bridgehead atoms. The number of benzene rings is 1. The van der Waals surface area contributed by atoms with Crippen molar-refractivity contribution in [2.24, 2.45) is 0 Å². The zero-order valence-electron chi connectivity index (χ0n) is 14.2. The van der Waals surface area contributed by atoms with Crippen molar-refractivity contribution in [3.8, 4) is 0 Å². The third kappa shape index (κ3) is 4.17. The second-order valence-corrected chi connectivity index (χ2v) is 7.63. The lowest BCUT2D eigenvalue weighted by molar-refractivity contribution is -0.137. The molecule has 0 unspecified atom stereocenters. The third-order valence-corrected chi connectivity index (χ3v) is 5.10. The number of hydrogen-bond acceptors (Lipinski definition) is 3. The maximum Gasteiger partial charge on any atom is 0.492 e. The summed E-state index contributed by atoms with van der Waals surface area (Å²) >= 11 is 11.9. The van der Waals surface area contributed by atoms with Crippen LogP contribution in [-0.2, 0) is 15.5 Å². The normalized spacial score (nSPS) is 20.2. The fourth-order valence-electron chi connectivity index (χ4n) is 2.25. The van der Waals surface area contributed by atoms with Crippen LogP contribution in [-0.4, -0.2) is 30.0 Å². The Morgan fingerprint density at radius 1 is 1.12 bits per heavy atom. The molecule has 25 heavy (non-hydrogen) atoms. The van der Waals surface area contributed by atoms with Gasteiger partial charge in [-0.15, -0.1) is 0 Å². The standard InChI is InChI=1S/C16H18BCl2F3O3/c1-14(2)15(3,4)25-17(24-14)10(8-23)7-11-12(18)5-9(6-13(11)19)16(20,21)22/h5-7,23H,8H2,1-4H3. The fraction of sp³-hybridized carbons (Fsp3) is 0.500. The average molecular weight is 397 g/mol. The summed E-state index contributed by atoms with van der Waals surface area (Å²) in [6.07, 6.45) is -3.16. The van der Waals surface area contributed by atoms with E-state index >= 15 is 0 Å². The minimum Gasteiger partial charge on any atom is -0.400 e. The summed E-state index contributed by atoms with van der Waals surface area (Å²) in [5, 5.41) is 9.30. The van der Waals surface area contributed by atoms with Gasteiger partial charge in [0, 0.05) is 15.6 Å². The molecule has 2 rings (SSSR count). The third-order valence-electron chi connectivity index (χ3n) is 4.47. The van der Waals surface area contributed by atoms with E-state index in [-0.39, 0.29) is 15.6 Å². The Bertz CT molecular complexity index is 663. The Labute approximate surface area is 154 Å². The molecule has 1 fully saturated rings. The second kappa shape index (κ2) is 6.78. The van der Waals surface area contributed by atoms with E-state index in [2.05, 4.69) is 0 Å². The van der Waals surface area contributed by atoms with Crippen molar-refractivity contribution >= 4 is 36.4 Å². The van der Waals surface area contributed by atoms with Crippen molar-refractivity contribution in [1.82, 2.24) is 0 Å². The maximum absolute atomic E-state index is 12.8. The van der Waals surface area contributed by atoms with Crippen molar-refractivity contribution in [3.63, 3.8) is 0 Å². The van der Waals surface area contributed by atoms with Gasteiger partial charge < -0.3 is 14.4 Å². The lowest BCUT2D eigenvalue weighted by Crippen LogP contribution is -2.41. The van der Waals surface area contributed by atoms with Crippen LogP contribution in [0, 0.1) is 0 Å². The van der Waals surface area contributed by atoms with E-state index in [0.29, 0.717) is 5.47 Å². The number of halogens is 5. The van der Waals surface area contributed by atoms with E-state index in [9.17, 15) is 18.3 Å². The molecule has 0 atom stereocenters. The SMILES string of the molecule is CC1(C)OB(C(=Cc2c(Cl)cc(C(F)(F)F)cc2Cl)CO)OC1(C)C. The van der Waals surface area contributed by atoms with E-state index in [1.807, 2.05) is 27.7 Å². The first-order valence-electron chi connectivity index (χ1n) is 7.52. The van der Waals surface area contributed by atoms with Crippen LogP contribution in [0.1, 0.15) is 38.8 Å². The molecule has 1 aromatic rings. The van der Waals surface area contributed by atoms with Gasteiger partial charge in [0.05, 0.1) is 23.4 Å². The van der Waals surface area contributed by atoms with Gasteiger partial charge in [0.15, 0.2) is 0 Å². The number of hydrogen-bond donors (Lipinski definition) is 1. The highest BCUT2D eigenvalue weighted by molar-refractivity contribution is 6.56. The molecule has 0 saturated carbocycles. The number of rotatable bonds is 3. The highest BCUT2D eigenvalue weighted by Crippen LogP contribution is 2.40. The molecule has 138 valence electrons. The Morgan fingerprint density at radius 2 is 1.56 bits per heavy atom. The lowest BCUT2D eigenvalue weighted by atomic mass is 9.77. The fourth-order valence-corrected chi connectivity index (χ4v) is 2.85. The van der Waals surface area contributed by atoms with E-state index in [0.717, 1.165) is 12.1 Å². The van der Waals surface area contributed by atoms with Crippen LogP contribution in [0.5, 0.6) is 0 Å². The predicted octanol–water partition coefficient (Wildman–Crippen LogP) is 5.02. The molecule has 0 radical (unpaired) electrons. The number of aliphatic hydroxyl groups excluding tert-OH is 1. The predicted molar refractivity (Wildman–Crippen MR) is 92.6 cm³/mol. The Kier molecular flexibility index (Phi) is 5.58. The summed E-state index contributed by atoms with van der Waals surface area (Å²) in [6.45, 7) is 6.96. The molecule has 9 heteroatoms. The first kappa shape index (κ1) is 20.6. The van der Waals surface area contributed by atoms with Gasteiger partial charge in [0.2, 0.25) is 0 Å². The van der Waals surface area contributed by atoms with Crippen LogP contribution in [0.15, 0.2) is 17.6 Å². The van der Waals surface area contributed by atoms with Gasteiger partial charge in [-0.25, -0.2) is 0 Å². The van der Waals surface area contributed by atoms with Gasteiger partial charge in [-0.2, -0.15) is 13.2 Å². The zero-order valence-corrected chi connectivity index (χ0v) is 15.7. The second-order valence-electron chi connectivity index (χ2n) is 6.82. The monoisotopic (exact) mass is 396 g/mol. The van der Waals surface area contributed by atoms with Gasteiger partial charge in [0.1, 0.15) is 0 Å².